The Kier molecular flexibility index (Phi) is 6.58. The molecule has 0 atom stereocenters. The topological polar surface area (TPSA) is 73.0 Å². The number of benzene rings is 2. The van der Waals surface area contributed by atoms with Crippen LogP contribution in [0.15, 0.2) is 48.5 Å². The van der Waals surface area contributed by atoms with Gasteiger partial charge >= 0.3 is 0 Å². The van der Waals surface area contributed by atoms with Gasteiger partial charge in [-0.2, -0.15) is 0 Å². The highest BCUT2D eigenvalue weighted by molar-refractivity contribution is 8.14. The molecule has 0 unspecified atom stereocenters. The molecule has 0 spiro atoms. The van der Waals surface area contributed by atoms with Crippen molar-refractivity contribution in [2.24, 2.45) is 0 Å². The first-order valence-corrected chi connectivity index (χ1v) is 11.4. The Morgan fingerprint density at radius 2 is 1.81 bits per heavy atom. The summed E-state index contributed by atoms with van der Waals surface area (Å²) >= 11 is 1.01. The van der Waals surface area contributed by atoms with Gasteiger partial charge in [0.05, 0.1) is 12.3 Å². The molecule has 162 valence electrons. The predicted molar refractivity (Wildman–Crippen MR) is 122 cm³/mol. The lowest BCUT2D eigenvalue weighted by Crippen LogP contribution is -2.45. The Labute approximate surface area is 186 Å². The first-order valence-electron chi connectivity index (χ1n) is 10.4. The third kappa shape index (κ3) is 5.08. The minimum Gasteiger partial charge on any atom is -0.369 e. The molecular formula is C23H26N4O3S. The maximum Gasteiger partial charge on any atom is 0.289 e. The van der Waals surface area contributed by atoms with E-state index in [9.17, 15) is 14.4 Å². The summed E-state index contributed by atoms with van der Waals surface area (Å²) in [6.45, 7) is 4.61. The van der Waals surface area contributed by atoms with Crippen LogP contribution in [0.5, 0.6) is 0 Å². The zero-order valence-electron chi connectivity index (χ0n) is 17.5. The number of hydrogen-bond donors (Lipinski definition) is 1. The van der Waals surface area contributed by atoms with Crippen LogP contribution < -0.4 is 10.2 Å². The zero-order chi connectivity index (χ0) is 21.8. The quantitative estimate of drug-likeness (QED) is 0.747. The van der Waals surface area contributed by atoms with Gasteiger partial charge < -0.3 is 15.1 Å². The van der Waals surface area contributed by atoms with E-state index in [0.717, 1.165) is 54.8 Å². The zero-order valence-corrected chi connectivity index (χ0v) is 18.4. The number of hydrogen-bond acceptors (Lipinski definition) is 6. The van der Waals surface area contributed by atoms with E-state index >= 15 is 0 Å². The van der Waals surface area contributed by atoms with Gasteiger partial charge in [0, 0.05) is 44.0 Å². The van der Waals surface area contributed by atoms with Crippen molar-refractivity contribution in [3.05, 3.63) is 65.2 Å². The molecule has 4 rings (SSSR count). The number of amides is 3. The fourth-order valence-electron chi connectivity index (χ4n) is 3.82. The van der Waals surface area contributed by atoms with Crippen molar-refractivity contribution >= 4 is 34.5 Å². The highest BCUT2D eigenvalue weighted by atomic mass is 32.2. The van der Waals surface area contributed by atoms with E-state index in [4.69, 9.17) is 0 Å². The van der Waals surface area contributed by atoms with Crippen molar-refractivity contribution in [2.75, 3.05) is 43.9 Å². The van der Waals surface area contributed by atoms with Crippen LogP contribution in [0.2, 0.25) is 0 Å². The molecular weight excluding hydrogens is 412 g/mol. The first kappa shape index (κ1) is 21.4. The molecule has 2 aromatic rings. The van der Waals surface area contributed by atoms with Crippen molar-refractivity contribution in [1.82, 2.24) is 15.1 Å². The highest BCUT2D eigenvalue weighted by Gasteiger charge is 2.29. The molecule has 2 saturated heterocycles. The molecule has 8 heteroatoms. The summed E-state index contributed by atoms with van der Waals surface area (Å²) in [6, 6.07) is 15.3. The number of nitrogens with one attached hydrogen (secondary N) is 1. The maximum absolute atomic E-state index is 12.8. The van der Waals surface area contributed by atoms with Gasteiger partial charge in [0.1, 0.15) is 0 Å². The number of anilines is 1. The molecule has 0 radical (unpaired) electrons. The molecule has 2 aliphatic heterocycles. The van der Waals surface area contributed by atoms with Crippen molar-refractivity contribution in [1.29, 1.82) is 0 Å². The van der Waals surface area contributed by atoms with E-state index < -0.39 is 0 Å². The second-order valence-electron chi connectivity index (χ2n) is 7.84. The Morgan fingerprint density at radius 1 is 1.03 bits per heavy atom. The first-order chi connectivity index (χ1) is 15.0. The summed E-state index contributed by atoms with van der Waals surface area (Å²) < 4.78 is 0. The average molecular weight is 439 g/mol. The largest absolute Gasteiger partial charge is 0.369 e. The van der Waals surface area contributed by atoms with Gasteiger partial charge in [-0.15, -0.1) is 0 Å². The number of para-hydroxylation sites is 1. The van der Waals surface area contributed by atoms with E-state index in [1.165, 1.54) is 4.90 Å². The molecule has 3 amide bonds. The number of carbonyl (C=O) groups is 3. The number of imide groups is 1. The summed E-state index contributed by atoms with van der Waals surface area (Å²) in [5, 5.41) is 2.78. The van der Waals surface area contributed by atoms with Crippen LogP contribution >= 0.6 is 11.8 Å². The molecule has 1 N–H and O–H groups in total. The number of nitrogens with zero attached hydrogens (tertiary/aromatic N) is 3. The van der Waals surface area contributed by atoms with Gasteiger partial charge in [-0.1, -0.05) is 42.1 Å². The smallest absolute Gasteiger partial charge is 0.289 e. The highest BCUT2D eigenvalue weighted by Crippen LogP contribution is 2.23. The summed E-state index contributed by atoms with van der Waals surface area (Å²) in [6.07, 6.45) is 0. The minimum atomic E-state index is -0.236. The van der Waals surface area contributed by atoms with Crippen LogP contribution in [0.3, 0.4) is 0 Å². The van der Waals surface area contributed by atoms with Crippen LogP contribution in [0.25, 0.3) is 0 Å². The van der Waals surface area contributed by atoms with Crippen molar-refractivity contribution < 1.29 is 14.4 Å². The summed E-state index contributed by atoms with van der Waals surface area (Å²) in [4.78, 5) is 42.4. The molecule has 0 bridgehead atoms. The molecule has 2 fully saturated rings. The molecule has 0 aliphatic carbocycles. The van der Waals surface area contributed by atoms with E-state index in [1.54, 1.807) is 18.2 Å². The van der Waals surface area contributed by atoms with Gasteiger partial charge in [-0.3, -0.25) is 19.3 Å². The number of thioether (sulfide) groups is 1. The van der Waals surface area contributed by atoms with Crippen LogP contribution in [-0.2, 0) is 17.9 Å². The molecule has 7 nitrogen and oxygen atoms in total. The van der Waals surface area contributed by atoms with E-state index in [1.807, 2.05) is 24.3 Å². The van der Waals surface area contributed by atoms with Gasteiger partial charge in [-0.25, -0.2) is 0 Å². The van der Waals surface area contributed by atoms with Gasteiger partial charge in [0.25, 0.3) is 11.1 Å². The number of carbonyl (C=O) groups excluding carboxylic acids is 3. The fraction of sp³-hybridized carbons (Fsp3) is 0.348. The van der Waals surface area contributed by atoms with Crippen molar-refractivity contribution in [3.8, 4) is 0 Å². The summed E-state index contributed by atoms with van der Waals surface area (Å²) in [5.74, 6) is -0.181. The van der Waals surface area contributed by atoms with Crippen LogP contribution in [0.4, 0.5) is 10.5 Å². The van der Waals surface area contributed by atoms with Gasteiger partial charge in [-0.05, 0) is 36.4 Å². The molecule has 31 heavy (non-hydrogen) atoms. The van der Waals surface area contributed by atoms with Crippen LogP contribution in [-0.4, -0.2) is 65.8 Å². The molecule has 2 aliphatic rings. The van der Waals surface area contributed by atoms with Crippen LogP contribution in [0, 0.1) is 0 Å². The lowest BCUT2D eigenvalue weighted by atomic mass is 10.1. The minimum absolute atomic E-state index is 0.177. The third-order valence-corrected chi connectivity index (χ3v) is 6.50. The van der Waals surface area contributed by atoms with Gasteiger partial charge in [0.2, 0.25) is 5.91 Å². The molecule has 0 aromatic heterocycles. The molecule has 2 aromatic carbocycles. The second-order valence-corrected chi connectivity index (χ2v) is 8.76. The van der Waals surface area contributed by atoms with Crippen molar-refractivity contribution in [3.63, 3.8) is 0 Å². The van der Waals surface area contributed by atoms with Gasteiger partial charge in [0.15, 0.2) is 0 Å². The second kappa shape index (κ2) is 9.53. The molecule has 0 saturated carbocycles. The van der Waals surface area contributed by atoms with E-state index in [-0.39, 0.29) is 29.4 Å². The normalized spacial score (nSPS) is 17.3. The standard InChI is InChI=1S/C23H26N4O3S/c1-25-9-11-26(12-10-25)20-8-3-2-6-19(20)14-24-22(29)18-7-4-5-17(13-18)15-27-21(28)16-31-23(27)30/h2-8,13H,9-12,14-16H2,1H3,(H,24,29). The average Bonchev–Trinajstić information content (AvgIpc) is 3.10. The van der Waals surface area contributed by atoms with Crippen LogP contribution in [0.1, 0.15) is 21.5 Å². The third-order valence-electron chi connectivity index (χ3n) is 5.65. The monoisotopic (exact) mass is 438 g/mol. The summed E-state index contributed by atoms with van der Waals surface area (Å²) in [7, 11) is 2.13. The van der Waals surface area contributed by atoms with E-state index in [0.29, 0.717) is 12.1 Å². The van der Waals surface area contributed by atoms with E-state index in [2.05, 4.69) is 28.2 Å². The summed E-state index contributed by atoms with van der Waals surface area (Å²) in [5.41, 5.74) is 3.52. The fourth-order valence-corrected chi connectivity index (χ4v) is 4.55. The Morgan fingerprint density at radius 3 is 2.55 bits per heavy atom. The lowest BCUT2D eigenvalue weighted by molar-refractivity contribution is -0.125. The predicted octanol–water partition coefficient (Wildman–Crippen LogP) is 2.56. The van der Waals surface area contributed by atoms with Crippen molar-refractivity contribution in [2.45, 2.75) is 13.1 Å². The number of rotatable bonds is 6. The number of piperazine rings is 1. The SMILES string of the molecule is CN1CCN(c2ccccc2CNC(=O)c2cccc(CN3C(=O)CSC3=O)c2)CC1. The number of likely N-dealkylation sites (N-methyl/N-ethyl adjacent to an activating group) is 1. The maximum atomic E-state index is 12.8. The lowest BCUT2D eigenvalue weighted by Gasteiger charge is -2.35. The Bertz CT molecular complexity index is 972. The Hall–Kier alpha value is -2.84. The Balaban J connectivity index is 1.41. The molecule has 2 heterocycles.